The zero-order valence-corrected chi connectivity index (χ0v) is 25.8. The van der Waals surface area contributed by atoms with Crippen LogP contribution in [0.5, 0.6) is 0 Å². The molecule has 1 atom stereocenters. The number of benzene rings is 4. The summed E-state index contributed by atoms with van der Waals surface area (Å²) in [6.07, 6.45) is 1.47. The lowest BCUT2D eigenvalue weighted by molar-refractivity contribution is -0.132. The Hall–Kier alpha value is -4.98. The van der Waals surface area contributed by atoms with E-state index in [0.717, 1.165) is 35.2 Å². The van der Waals surface area contributed by atoms with E-state index in [2.05, 4.69) is 15.5 Å². The van der Waals surface area contributed by atoms with Crippen molar-refractivity contribution < 1.29 is 18.8 Å². The van der Waals surface area contributed by atoms with Crippen molar-refractivity contribution in [2.24, 2.45) is 0 Å². The maximum absolute atomic E-state index is 13.6. The molecule has 4 aromatic rings. The Balaban J connectivity index is 1.36. The third-order valence-electron chi connectivity index (χ3n) is 8.24. The van der Waals surface area contributed by atoms with Crippen LogP contribution >= 0.6 is 0 Å². The number of anilines is 2. The van der Waals surface area contributed by atoms with Crippen LogP contribution in [0.3, 0.4) is 0 Å². The third-order valence-corrected chi connectivity index (χ3v) is 8.24. The van der Waals surface area contributed by atoms with E-state index in [1.165, 1.54) is 12.1 Å². The van der Waals surface area contributed by atoms with Gasteiger partial charge in [0.05, 0.1) is 11.5 Å². The van der Waals surface area contributed by atoms with Crippen LogP contribution in [-0.4, -0.2) is 48.8 Å². The van der Waals surface area contributed by atoms with Gasteiger partial charge in [0.2, 0.25) is 5.91 Å². The number of carbonyl (C=O) groups excluding carboxylic acids is 3. The Kier molecular flexibility index (Phi) is 10.2. The van der Waals surface area contributed by atoms with Gasteiger partial charge in [-0.05, 0) is 73.4 Å². The van der Waals surface area contributed by atoms with E-state index in [1.807, 2.05) is 67.3 Å². The molecule has 0 aromatic heterocycles. The summed E-state index contributed by atoms with van der Waals surface area (Å²) in [6, 6.07) is 28.5. The van der Waals surface area contributed by atoms with Crippen molar-refractivity contribution in [2.75, 3.05) is 36.4 Å². The molecule has 4 aromatic carbocycles. The van der Waals surface area contributed by atoms with Crippen molar-refractivity contribution in [2.45, 2.75) is 39.2 Å². The summed E-state index contributed by atoms with van der Waals surface area (Å²) >= 11 is 0. The van der Waals surface area contributed by atoms with Crippen molar-refractivity contribution in [1.82, 2.24) is 10.2 Å². The minimum atomic E-state index is -0.341. The van der Waals surface area contributed by atoms with Crippen molar-refractivity contribution >= 4 is 29.1 Å². The van der Waals surface area contributed by atoms with Crippen molar-refractivity contribution in [1.29, 1.82) is 0 Å². The molecule has 0 bridgehead atoms. The van der Waals surface area contributed by atoms with Crippen LogP contribution in [0.25, 0.3) is 0 Å². The van der Waals surface area contributed by atoms with Gasteiger partial charge in [-0.25, -0.2) is 4.39 Å². The van der Waals surface area contributed by atoms with Crippen LogP contribution in [-0.2, 0) is 11.3 Å². The van der Waals surface area contributed by atoms with Gasteiger partial charge in [-0.15, -0.1) is 0 Å². The molecule has 0 spiro atoms. The highest BCUT2D eigenvalue weighted by atomic mass is 19.1. The monoisotopic (exact) mass is 606 g/mol. The smallest absolute Gasteiger partial charge is 0.255 e. The average Bonchev–Trinajstić information content (AvgIpc) is 3.32. The molecule has 0 unspecified atom stereocenters. The summed E-state index contributed by atoms with van der Waals surface area (Å²) < 4.78 is 13.4. The van der Waals surface area contributed by atoms with Gasteiger partial charge in [0, 0.05) is 49.7 Å². The Morgan fingerprint density at radius 2 is 1.56 bits per heavy atom. The van der Waals surface area contributed by atoms with Crippen LogP contribution in [0.2, 0.25) is 0 Å². The molecule has 0 radical (unpaired) electrons. The number of rotatable bonds is 9. The fraction of sp³-hybridized carbons (Fsp3) is 0.270. The summed E-state index contributed by atoms with van der Waals surface area (Å²) in [7, 11) is 0. The Morgan fingerprint density at radius 1 is 0.822 bits per heavy atom. The number of nitrogens with zero attached hydrogens (tertiary/aromatic N) is 2. The molecule has 7 nitrogen and oxygen atoms in total. The average molecular weight is 607 g/mol. The van der Waals surface area contributed by atoms with Gasteiger partial charge in [0.25, 0.3) is 11.8 Å². The summed E-state index contributed by atoms with van der Waals surface area (Å²) in [4.78, 5) is 44.3. The molecule has 5 rings (SSSR count). The molecular weight excluding hydrogens is 567 g/mol. The van der Waals surface area contributed by atoms with Crippen LogP contribution < -0.4 is 15.5 Å². The topological polar surface area (TPSA) is 81.8 Å². The summed E-state index contributed by atoms with van der Waals surface area (Å²) in [6.45, 7) is 6.61. The first-order chi connectivity index (χ1) is 21.8. The fourth-order valence-electron chi connectivity index (χ4n) is 5.70. The van der Waals surface area contributed by atoms with Crippen molar-refractivity contribution in [3.8, 4) is 0 Å². The first-order valence-electron chi connectivity index (χ1n) is 15.5. The third kappa shape index (κ3) is 7.95. The quantitative estimate of drug-likeness (QED) is 0.227. The Labute approximate surface area is 264 Å². The molecule has 45 heavy (non-hydrogen) atoms. The van der Waals surface area contributed by atoms with E-state index < -0.39 is 0 Å². The number of halogens is 1. The molecule has 3 amide bonds. The van der Waals surface area contributed by atoms with Crippen LogP contribution in [0.4, 0.5) is 15.8 Å². The summed E-state index contributed by atoms with van der Waals surface area (Å²) in [5, 5.41) is 5.87. The molecule has 0 saturated carbocycles. The van der Waals surface area contributed by atoms with E-state index >= 15 is 0 Å². The summed E-state index contributed by atoms with van der Waals surface area (Å²) in [5.74, 6) is -0.993. The minimum absolute atomic E-state index is 0.122. The highest BCUT2D eigenvalue weighted by molar-refractivity contribution is 6.06. The lowest BCUT2D eigenvalue weighted by Crippen LogP contribution is -2.38. The molecule has 1 fully saturated rings. The molecule has 232 valence electrons. The van der Waals surface area contributed by atoms with E-state index in [1.54, 1.807) is 36.4 Å². The largest absolute Gasteiger partial charge is 0.369 e. The lowest BCUT2D eigenvalue weighted by Gasteiger charge is -2.28. The molecule has 1 aliphatic heterocycles. The lowest BCUT2D eigenvalue weighted by atomic mass is 9.95. The van der Waals surface area contributed by atoms with Gasteiger partial charge < -0.3 is 20.4 Å². The molecule has 1 heterocycles. The van der Waals surface area contributed by atoms with Crippen LogP contribution in [0.15, 0.2) is 97.1 Å². The normalized spacial score (nSPS) is 13.9. The van der Waals surface area contributed by atoms with E-state index in [4.69, 9.17) is 0 Å². The first kappa shape index (κ1) is 31.4. The van der Waals surface area contributed by atoms with Crippen LogP contribution in [0, 0.1) is 12.7 Å². The number of nitrogens with one attached hydrogen (secondary N) is 2. The second-order valence-electron chi connectivity index (χ2n) is 11.4. The molecule has 2 N–H and O–H groups in total. The van der Waals surface area contributed by atoms with E-state index in [0.29, 0.717) is 43.0 Å². The minimum Gasteiger partial charge on any atom is -0.369 e. The van der Waals surface area contributed by atoms with E-state index in [-0.39, 0.29) is 36.0 Å². The standard InChI is InChI=1S/C37H39FN4O3/c1-3-32(28-8-5-4-6-9-28)37(45)42-21-7-20-41(22-23-42)34-19-18-31(40-35(43)29-14-10-26(2)11-15-29)24-33(34)36(44)39-25-27-12-16-30(38)17-13-27/h4-6,8-19,24,32H,3,7,20-23,25H2,1-2H3,(H,39,44)(H,40,43)/t32-/m1/s1. The summed E-state index contributed by atoms with van der Waals surface area (Å²) in [5.41, 5.74) is 5.00. The molecule has 1 saturated heterocycles. The van der Waals surface area contributed by atoms with Gasteiger partial charge in [0.15, 0.2) is 0 Å². The van der Waals surface area contributed by atoms with Gasteiger partial charge in [-0.2, -0.15) is 0 Å². The van der Waals surface area contributed by atoms with Crippen molar-refractivity contribution in [3.05, 3.63) is 131 Å². The van der Waals surface area contributed by atoms with Crippen LogP contribution in [0.1, 0.15) is 63.1 Å². The van der Waals surface area contributed by atoms with Crippen molar-refractivity contribution in [3.63, 3.8) is 0 Å². The zero-order chi connectivity index (χ0) is 31.8. The number of hydrogen-bond donors (Lipinski definition) is 2. The fourth-order valence-corrected chi connectivity index (χ4v) is 5.70. The number of aryl methyl sites for hydroxylation is 1. The zero-order valence-electron chi connectivity index (χ0n) is 25.8. The Morgan fingerprint density at radius 3 is 2.27 bits per heavy atom. The highest BCUT2D eigenvalue weighted by Gasteiger charge is 2.27. The number of amides is 3. The molecule has 8 heteroatoms. The molecule has 1 aliphatic rings. The Bertz CT molecular complexity index is 1620. The highest BCUT2D eigenvalue weighted by Crippen LogP contribution is 2.28. The second kappa shape index (κ2) is 14.7. The van der Waals surface area contributed by atoms with Gasteiger partial charge >= 0.3 is 0 Å². The van der Waals surface area contributed by atoms with Gasteiger partial charge in [-0.3, -0.25) is 14.4 Å². The maximum Gasteiger partial charge on any atom is 0.255 e. The molecular formula is C37H39FN4O3. The predicted molar refractivity (Wildman–Crippen MR) is 176 cm³/mol. The van der Waals surface area contributed by atoms with Gasteiger partial charge in [-0.1, -0.05) is 67.1 Å². The number of carbonyl (C=O) groups is 3. The maximum atomic E-state index is 13.6. The second-order valence-corrected chi connectivity index (χ2v) is 11.4. The SMILES string of the molecule is CC[C@@H](C(=O)N1CCCN(c2ccc(NC(=O)c3ccc(C)cc3)cc2C(=O)NCc2ccc(F)cc2)CC1)c1ccccc1. The number of hydrogen-bond acceptors (Lipinski definition) is 4. The van der Waals surface area contributed by atoms with Gasteiger partial charge in [0.1, 0.15) is 5.82 Å². The first-order valence-corrected chi connectivity index (χ1v) is 15.5. The molecule has 0 aliphatic carbocycles. The predicted octanol–water partition coefficient (Wildman–Crippen LogP) is 6.55. The van der Waals surface area contributed by atoms with E-state index in [9.17, 15) is 18.8 Å².